The second kappa shape index (κ2) is 46.3. The molecule has 0 unspecified atom stereocenters. The molecule has 12 atom stereocenters. The Balaban J connectivity index is 3.22. The molecular formula is C79H136N16O22. The molecule has 1 aliphatic heterocycles. The fraction of sp³-hybridized carbons (Fsp3) is 0.734. The molecule has 1 heterocycles. The average Bonchev–Trinajstić information content (AvgIpc) is 1.38. The van der Waals surface area contributed by atoms with Crippen molar-refractivity contribution < 1.29 is 105 Å². The number of ether oxygens (including phenoxy) is 7. The van der Waals surface area contributed by atoms with Gasteiger partial charge >= 0.3 is 30.5 Å². The Morgan fingerprint density at radius 1 is 0.427 bits per heavy atom. The maximum atomic E-state index is 15.5. The molecule has 664 valence electrons. The summed E-state index contributed by atoms with van der Waals surface area (Å²) in [6.07, 6.45) is -9.51. The third-order valence-electron chi connectivity index (χ3n) is 15.9. The van der Waals surface area contributed by atoms with Gasteiger partial charge in [0.2, 0.25) is 59.1 Å². The van der Waals surface area contributed by atoms with Gasteiger partial charge in [0.1, 0.15) is 82.4 Å². The molecule has 0 saturated carbocycles. The van der Waals surface area contributed by atoms with Crippen molar-refractivity contribution in [3.05, 3.63) is 35.9 Å². The summed E-state index contributed by atoms with van der Waals surface area (Å²) >= 11 is 0. The lowest BCUT2D eigenvalue weighted by Gasteiger charge is -2.33. The first-order chi connectivity index (χ1) is 53.6. The number of nitrogens with two attached hydrogens (primary N) is 1. The zero-order valence-corrected chi connectivity index (χ0v) is 73.1. The van der Waals surface area contributed by atoms with E-state index in [1.54, 1.807) is 190 Å². The number of rotatable bonds is 28. The zero-order valence-electron chi connectivity index (χ0n) is 73.1. The number of carbonyl (C=O) groups excluding carboxylic acids is 15. The van der Waals surface area contributed by atoms with E-state index in [1.807, 2.05) is 0 Å². The lowest BCUT2D eigenvalue weighted by Crippen LogP contribution is -2.63. The molecule has 17 N–H and O–H groups in total. The summed E-state index contributed by atoms with van der Waals surface area (Å²) in [6.45, 7) is 37.9. The second-order valence-electron chi connectivity index (χ2n) is 36.0. The number of hydrogen-bond donors (Lipinski definition) is 16. The van der Waals surface area contributed by atoms with Crippen LogP contribution in [0.1, 0.15) is 217 Å². The van der Waals surface area contributed by atoms with E-state index < -0.39 is 240 Å². The van der Waals surface area contributed by atoms with Gasteiger partial charge in [0.25, 0.3) is 0 Å². The molecule has 15 amide bonds. The van der Waals surface area contributed by atoms with Crippen molar-refractivity contribution >= 4 is 89.5 Å². The van der Waals surface area contributed by atoms with Gasteiger partial charge < -0.3 is 119 Å². The Hall–Kier alpha value is -9.85. The first-order valence-corrected chi connectivity index (χ1v) is 39.6. The molecule has 0 bridgehead atoms. The average molecular weight is 1660 g/mol. The van der Waals surface area contributed by atoms with Gasteiger partial charge in [-0.15, -0.1) is 0 Å². The van der Waals surface area contributed by atoms with Gasteiger partial charge in [-0.2, -0.15) is 0 Å². The number of nitrogens with one attached hydrogen (secondary N) is 15. The van der Waals surface area contributed by atoms with Gasteiger partial charge in [-0.05, 0) is 209 Å². The summed E-state index contributed by atoms with van der Waals surface area (Å²) in [5.74, 6) is -10.9. The minimum Gasteiger partial charge on any atom is -0.444 e. The molecule has 38 heteroatoms. The van der Waals surface area contributed by atoms with Gasteiger partial charge in [0.15, 0.2) is 0 Å². The van der Waals surface area contributed by atoms with Crippen LogP contribution in [0.25, 0.3) is 0 Å². The molecule has 1 aromatic carbocycles. The molecule has 2 rings (SSSR count). The van der Waals surface area contributed by atoms with Gasteiger partial charge in [-0.3, -0.25) is 47.9 Å². The van der Waals surface area contributed by atoms with Crippen molar-refractivity contribution in [2.75, 3.05) is 39.3 Å². The van der Waals surface area contributed by atoms with Gasteiger partial charge in [0.05, 0.1) is 36.0 Å². The quantitative estimate of drug-likeness (QED) is 0.0536. The number of carbonyl (C=O) groups is 15. The summed E-state index contributed by atoms with van der Waals surface area (Å²) in [4.78, 5) is 216. The lowest BCUT2D eigenvalue weighted by atomic mass is 10.00. The highest BCUT2D eigenvalue weighted by Gasteiger charge is 2.41. The molecule has 0 spiro atoms. The highest BCUT2D eigenvalue weighted by molar-refractivity contribution is 5.99. The van der Waals surface area contributed by atoms with Crippen molar-refractivity contribution in [3.63, 3.8) is 0 Å². The van der Waals surface area contributed by atoms with Crippen LogP contribution in [0, 0.1) is 5.92 Å². The summed E-state index contributed by atoms with van der Waals surface area (Å²) < 4.78 is 39.5. The maximum Gasteiger partial charge on any atom is 0.407 e. The van der Waals surface area contributed by atoms with Crippen molar-refractivity contribution in [1.82, 2.24) is 79.8 Å². The molecule has 1 aromatic rings. The third kappa shape index (κ3) is 44.9. The summed E-state index contributed by atoms with van der Waals surface area (Å²) in [6, 6.07) is -8.52. The van der Waals surface area contributed by atoms with E-state index in [0.29, 0.717) is 5.56 Å². The number of benzene rings is 1. The van der Waals surface area contributed by atoms with E-state index >= 15 is 38.4 Å². The summed E-state index contributed by atoms with van der Waals surface area (Å²) in [5, 5.41) is 39.0. The van der Waals surface area contributed by atoms with E-state index in [9.17, 15) is 33.6 Å². The molecule has 38 nitrogen and oxygen atoms in total. The van der Waals surface area contributed by atoms with Crippen LogP contribution in [-0.4, -0.2) is 241 Å². The minimum absolute atomic E-state index is 0.105. The Morgan fingerprint density at radius 3 is 1.22 bits per heavy atom. The van der Waals surface area contributed by atoms with E-state index in [2.05, 4.69) is 79.8 Å². The smallest absolute Gasteiger partial charge is 0.407 e. The maximum absolute atomic E-state index is 15.5. The van der Waals surface area contributed by atoms with Crippen LogP contribution in [-0.2, 0) is 87.5 Å². The molecule has 0 radical (unpaired) electrons. The molecule has 117 heavy (non-hydrogen) atoms. The largest absolute Gasteiger partial charge is 0.444 e. The Bertz CT molecular complexity index is 3500. The molecule has 0 aliphatic carbocycles. The predicted octanol–water partition coefficient (Wildman–Crippen LogP) is 3.08. The first-order valence-electron chi connectivity index (χ1n) is 39.6. The lowest BCUT2D eigenvalue weighted by molar-refractivity contribution is -0.140. The van der Waals surface area contributed by atoms with Gasteiger partial charge in [-0.1, -0.05) is 44.2 Å². The number of hydrogen-bond acceptors (Lipinski definition) is 23. The van der Waals surface area contributed by atoms with Crippen LogP contribution in [0.3, 0.4) is 0 Å². The topological polar surface area (TPSA) is 527 Å². The molecule has 1 saturated heterocycles. The first kappa shape index (κ1) is 103. The van der Waals surface area contributed by atoms with Crippen LogP contribution in [0.15, 0.2) is 30.3 Å². The minimum atomic E-state index is -1.93. The van der Waals surface area contributed by atoms with Gasteiger partial charge in [-0.25, -0.2) is 24.0 Å². The van der Waals surface area contributed by atoms with Crippen LogP contribution < -0.4 is 85.5 Å². The molecule has 1 fully saturated rings. The predicted molar refractivity (Wildman–Crippen MR) is 433 cm³/mol. The van der Waals surface area contributed by atoms with Crippen LogP contribution in [0.5, 0.6) is 0 Å². The second-order valence-corrected chi connectivity index (χ2v) is 36.0. The fourth-order valence-electron chi connectivity index (χ4n) is 11.1. The number of amides is 15. The normalized spacial score (nSPS) is 20.3. The van der Waals surface area contributed by atoms with E-state index in [0.717, 1.165) is 0 Å². The van der Waals surface area contributed by atoms with Gasteiger partial charge in [0, 0.05) is 39.1 Å². The van der Waals surface area contributed by atoms with Crippen molar-refractivity contribution in [3.8, 4) is 0 Å². The monoisotopic (exact) mass is 1660 g/mol. The van der Waals surface area contributed by atoms with E-state index in [1.165, 1.54) is 13.8 Å². The third-order valence-corrected chi connectivity index (χ3v) is 15.9. The van der Waals surface area contributed by atoms with Crippen molar-refractivity contribution in [2.24, 2.45) is 11.7 Å². The van der Waals surface area contributed by atoms with Crippen molar-refractivity contribution in [1.29, 1.82) is 0 Å². The summed E-state index contributed by atoms with van der Waals surface area (Å²) in [5.41, 5.74) is -0.124. The molecular weight excluding hydrogens is 1520 g/mol. The Morgan fingerprint density at radius 2 is 0.803 bits per heavy atom. The van der Waals surface area contributed by atoms with Crippen LogP contribution in [0.4, 0.5) is 24.0 Å². The molecule has 1 aliphatic rings. The SMILES string of the molecule is CC(C)C[C@@H]1NC(=O)[C@@H](Cc2ccccc2)NC(=O)[C@H](CCNC(=O)OC(C)(C)C)NC(=O)[C@@H](NC(=O)[C@H](CNC(=O)OC(C)(C)C)NC(=O)[C@@H](NC(=O)[C@@H](N)CCNC(=O)OC(C)(C)C)[C@@H](C)OC(C)(C)C)CCNC(=O)[C@H]([C@@H](C)OC(C)(C)C)NC(=O)[C@H](CCNC(=O)OC(C)(C)C)NC(=O)[C@H](CCNC(=O)OC(C)(C)C)NC1=O. The Labute approximate surface area is 688 Å². The zero-order chi connectivity index (χ0) is 89.5. The molecule has 0 aromatic heterocycles. The highest BCUT2D eigenvalue weighted by Crippen LogP contribution is 2.19. The summed E-state index contributed by atoms with van der Waals surface area (Å²) in [7, 11) is 0. The van der Waals surface area contributed by atoms with Crippen LogP contribution >= 0.6 is 0 Å². The number of alkyl carbamates (subject to hydrolysis) is 5. The van der Waals surface area contributed by atoms with E-state index in [4.69, 9.17) is 38.9 Å². The van der Waals surface area contributed by atoms with Crippen LogP contribution in [0.2, 0.25) is 0 Å². The highest BCUT2D eigenvalue weighted by atomic mass is 16.6. The standard InChI is InChI=1S/C79H136N16O22/c1-44(2)41-53-63(101)89-50(33-38-83-69(107)114-76(14,15)16)60(98)88-52(35-40-85-71(109)116-78(20,21)22)62(100)95-56(45(3)111-73(5,6)7)66(104)81-37-32-49(59(97)87-51(34-39-84-70(108)115-77(17,18)19)61(99)92-54(64(102)91-53)42-47-29-27-26-28-30-47)90-65(103)55(43-86-72(110)117-79(23,24)25)93-67(105)57(46(4)112-74(8,9)10)94-58(96)48(80)31-36-82-68(106)113-75(11,12)13/h26-30,44-46,48-57H,31-43,80H2,1-25H3,(H,81,104)(H,82,106)(H,83,107)(H,84,108)(H,85,109)(H,86,110)(H,87,97)(H,88,98)(H,89,101)(H,90,103)(H,91,102)(H,92,99)(H,93,105)(H,94,96)(H,95,100)/t45-,46-,48+,49+,50+,51+,52+,53+,54-,55+,56+,57+/m1/s1. The Kier molecular flexibility index (Phi) is 40.9. The van der Waals surface area contributed by atoms with E-state index in [-0.39, 0.29) is 51.2 Å². The van der Waals surface area contributed by atoms with Crippen molar-refractivity contribution in [2.45, 2.75) is 330 Å². The fourth-order valence-corrected chi connectivity index (χ4v) is 11.1.